The average Bonchev–Trinajstić information content (AvgIpc) is 2.48. The van der Waals surface area contributed by atoms with E-state index in [0.717, 1.165) is 31.2 Å². The molecule has 0 saturated heterocycles. The molecule has 0 aliphatic carbocycles. The van der Waals surface area contributed by atoms with Gasteiger partial charge in [-0.3, -0.25) is 0 Å². The third kappa shape index (κ3) is 5.11. The highest BCUT2D eigenvalue weighted by atomic mass is 127. The second-order valence-electron chi connectivity index (χ2n) is 4.37. The van der Waals surface area contributed by atoms with Crippen LogP contribution in [-0.2, 0) is 11.3 Å². The van der Waals surface area contributed by atoms with Gasteiger partial charge in [-0.1, -0.05) is 12.1 Å². The van der Waals surface area contributed by atoms with E-state index in [1.807, 2.05) is 36.4 Å². The zero-order valence-corrected chi connectivity index (χ0v) is 13.6. The molecule has 0 atom stereocenters. The summed E-state index contributed by atoms with van der Waals surface area (Å²) in [5.74, 6) is 1.71. The summed E-state index contributed by atoms with van der Waals surface area (Å²) in [4.78, 5) is 0. The highest BCUT2D eigenvalue weighted by Crippen LogP contribution is 2.22. The Morgan fingerprint density at radius 1 is 0.950 bits per heavy atom. The molecule has 1 N–H and O–H groups in total. The fourth-order valence-corrected chi connectivity index (χ4v) is 2.08. The summed E-state index contributed by atoms with van der Waals surface area (Å²) in [6.45, 7) is 2.43. The number of rotatable bonds is 7. The van der Waals surface area contributed by atoms with Crippen LogP contribution < -0.4 is 10.1 Å². The van der Waals surface area contributed by atoms with Crippen molar-refractivity contribution in [3.63, 3.8) is 0 Å². The molecule has 0 unspecified atom stereocenters. The first-order valence-corrected chi connectivity index (χ1v) is 7.58. The summed E-state index contributed by atoms with van der Waals surface area (Å²) in [6.07, 6.45) is 0. The SMILES string of the molecule is COCCNCc1ccc(Oc2ccc(I)cc2)cc1. The fraction of sp³-hybridized carbons (Fsp3) is 0.250. The Hall–Kier alpha value is -1.11. The lowest BCUT2D eigenvalue weighted by molar-refractivity contribution is 0.199. The van der Waals surface area contributed by atoms with Crippen molar-refractivity contribution >= 4 is 22.6 Å². The third-order valence-corrected chi connectivity index (χ3v) is 3.50. The van der Waals surface area contributed by atoms with Gasteiger partial charge >= 0.3 is 0 Å². The number of halogens is 1. The van der Waals surface area contributed by atoms with E-state index in [9.17, 15) is 0 Å². The highest BCUT2D eigenvalue weighted by Gasteiger charge is 1.98. The molecule has 2 aromatic carbocycles. The zero-order chi connectivity index (χ0) is 14.2. The van der Waals surface area contributed by atoms with Crippen LogP contribution in [0.5, 0.6) is 11.5 Å². The van der Waals surface area contributed by atoms with E-state index in [1.165, 1.54) is 9.13 Å². The molecule has 106 valence electrons. The van der Waals surface area contributed by atoms with Crippen molar-refractivity contribution in [1.29, 1.82) is 0 Å². The van der Waals surface area contributed by atoms with Crippen molar-refractivity contribution in [1.82, 2.24) is 5.32 Å². The van der Waals surface area contributed by atoms with Crippen LogP contribution in [-0.4, -0.2) is 20.3 Å². The summed E-state index contributed by atoms with van der Waals surface area (Å²) in [5, 5.41) is 3.31. The molecule has 2 aromatic rings. The van der Waals surface area contributed by atoms with Crippen LogP contribution in [0.15, 0.2) is 48.5 Å². The monoisotopic (exact) mass is 383 g/mol. The molecule has 4 heteroatoms. The van der Waals surface area contributed by atoms with E-state index in [-0.39, 0.29) is 0 Å². The molecule has 0 radical (unpaired) electrons. The maximum absolute atomic E-state index is 5.79. The minimum absolute atomic E-state index is 0.730. The zero-order valence-electron chi connectivity index (χ0n) is 11.4. The molecule has 0 spiro atoms. The smallest absolute Gasteiger partial charge is 0.127 e. The van der Waals surface area contributed by atoms with Crippen molar-refractivity contribution in [3.8, 4) is 11.5 Å². The van der Waals surface area contributed by atoms with E-state index in [0.29, 0.717) is 0 Å². The molecule has 0 heterocycles. The molecule has 0 bridgehead atoms. The van der Waals surface area contributed by atoms with Crippen molar-refractivity contribution < 1.29 is 9.47 Å². The van der Waals surface area contributed by atoms with Crippen molar-refractivity contribution in [2.24, 2.45) is 0 Å². The van der Waals surface area contributed by atoms with Crippen molar-refractivity contribution in [2.75, 3.05) is 20.3 Å². The lowest BCUT2D eigenvalue weighted by Gasteiger charge is -2.08. The van der Waals surface area contributed by atoms with Gasteiger partial charge in [0.2, 0.25) is 0 Å². The summed E-state index contributed by atoms with van der Waals surface area (Å²) >= 11 is 2.28. The van der Waals surface area contributed by atoms with Crippen LogP contribution in [0.3, 0.4) is 0 Å². The van der Waals surface area contributed by atoms with Crippen LogP contribution in [0.25, 0.3) is 0 Å². The Labute approximate surface area is 133 Å². The Kier molecular flexibility index (Phi) is 6.29. The normalized spacial score (nSPS) is 10.5. The summed E-state index contributed by atoms with van der Waals surface area (Å²) < 4.78 is 12.0. The summed E-state index contributed by atoms with van der Waals surface area (Å²) in [6, 6.07) is 16.1. The second-order valence-corrected chi connectivity index (χ2v) is 5.62. The van der Waals surface area contributed by atoms with Gasteiger partial charge in [0.05, 0.1) is 6.61 Å². The van der Waals surface area contributed by atoms with Gasteiger partial charge < -0.3 is 14.8 Å². The Morgan fingerprint density at radius 2 is 1.55 bits per heavy atom. The first-order valence-electron chi connectivity index (χ1n) is 6.50. The van der Waals surface area contributed by atoms with Gasteiger partial charge in [0, 0.05) is 23.8 Å². The second kappa shape index (κ2) is 8.24. The van der Waals surface area contributed by atoms with Crippen molar-refractivity contribution in [3.05, 3.63) is 57.7 Å². The quantitative estimate of drug-likeness (QED) is 0.583. The summed E-state index contributed by atoms with van der Waals surface area (Å²) in [5.41, 5.74) is 1.23. The van der Waals surface area contributed by atoms with Crippen LogP contribution in [0.2, 0.25) is 0 Å². The van der Waals surface area contributed by atoms with Gasteiger partial charge in [0.25, 0.3) is 0 Å². The van der Waals surface area contributed by atoms with E-state index in [4.69, 9.17) is 9.47 Å². The molecule has 0 amide bonds. The molecule has 20 heavy (non-hydrogen) atoms. The van der Waals surface area contributed by atoms with E-state index < -0.39 is 0 Å². The Balaban J connectivity index is 1.86. The molecule has 0 fully saturated rings. The van der Waals surface area contributed by atoms with E-state index in [2.05, 4.69) is 40.0 Å². The largest absolute Gasteiger partial charge is 0.457 e. The van der Waals surface area contributed by atoms with Gasteiger partial charge in [-0.25, -0.2) is 0 Å². The van der Waals surface area contributed by atoms with Crippen LogP contribution >= 0.6 is 22.6 Å². The molecule has 0 aromatic heterocycles. The van der Waals surface area contributed by atoms with Gasteiger partial charge in [0.1, 0.15) is 11.5 Å². The number of nitrogens with one attached hydrogen (secondary N) is 1. The maximum Gasteiger partial charge on any atom is 0.127 e. The fourth-order valence-electron chi connectivity index (χ4n) is 1.72. The first kappa shape index (κ1) is 15.3. The minimum Gasteiger partial charge on any atom is -0.457 e. The highest BCUT2D eigenvalue weighted by molar-refractivity contribution is 14.1. The van der Waals surface area contributed by atoms with Crippen LogP contribution in [0.1, 0.15) is 5.56 Å². The molecule has 2 rings (SSSR count). The maximum atomic E-state index is 5.79. The molecular formula is C16H18INO2. The Bertz CT molecular complexity index is 511. The van der Waals surface area contributed by atoms with Gasteiger partial charge in [0.15, 0.2) is 0 Å². The first-order chi connectivity index (χ1) is 9.78. The van der Waals surface area contributed by atoms with Crippen LogP contribution in [0.4, 0.5) is 0 Å². The van der Waals surface area contributed by atoms with Gasteiger partial charge in [-0.2, -0.15) is 0 Å². The van der Waals surface area contributed by atoms with Gasteiger partial charge in [-0.15, -0.1) is 0 Å². The number of methoxy groups -OCH3 is 1. The number of benzene rings is 2. The minimum atomic E-state index is 0.730. The molecule has 3 nitrogen and oxygen atoms in total. The lowest BCUT2D eigenvalue weighted by atomic mass is 10.2. The third-order valence-electron chi connectivity index (χ3n) is 2.78. The van der Waals surface area contributed by atoms with Crippen molar-refractivity contribution in [2.45, 2.75) is 6.54 Å². The predicted octanol–water partition coefficient (Wildman–Crippen LogP) is 3.82. The van der Waals surface area contributed by atoms with E-state index >= 15 is 0 Å². The summed E-state index contributed by atoms with van der Waals surface area (Å²) in [7, 11) is 1.71. The Morgan fingerprint density at radius 3 is 2.15 bits per heavy atom. The number of hydrogen-bond acceptors (Lipinski definition) is 3. The standard InChI is InChI=1S/C16H18INO2/c1-19-11-10-18-12-13-2-6-15(7-3-13)20-16-8-4-14(17)5-9-16/h2-9,18H,10-12H2,1H3. The molecular weight excluding hydrogens is 365 g/mol. The predicted molar refractivity (Wildman–Crippen MR) is 89.3 cm³/mol. The van der Waals surface area contributed by atoms with Gasteiger partial charge in [-0.05, 0) is 64.6 Å². The number of hydrogen-bond donors (Lipinski definition) is 1. The van der Waals surface area contributed by atoms with Crippen LogP contribution in [0, 0.1) is 3.57 Å². The molecule has 0 saturated carbocycles. The molecule has 0 aliphatic heterocycles. The molecule has 0 aliphatic rings. The van der Waals surface area contributed by atoms with E-state index in [1.54, 1.807) is 7.11 Å². The lowest BCUT2D eigenvalue weighted by Crippen LogP contribution is -2.18. The average molecular weight is 383 g/mol. The topological polar surface area (TPSA) is 30.5 Å². The number of ether oxygens (including phenoxy) is 2.